The van der Waals surface area contributed by atoms with Gasteiger partial charge in [0.1, 0.15) is 54.2 Å². The highest BCUT2D eigenvalue weighted by molar-refractivity contribution is 8.44. The lowest BCUT2D eigenvalue weighted by molar-refractivity contribution is -0.0555. The molecule has 0 amide bonds. The lowest BCUT2D eigenvalue weighted by Crippen LogP contribution is -2.37. The predicted molar refractivity (Wildman–Crippen MR) is 153 cm³/mol. The van der Waals surface area contributed by atoms with Crippen molar-refractivity contribution in [2.75, 3.05) is 24.7 Å². The molecule has 3 aliphatic heterocycles. The SMILES string of the molecule is Nc1ncnc2c1ncn2[C@@H]1OC2CO[P@](=O)(S)O[C@H]3[C@@H](F)[C@H](n4cnc5c(N)ncnc54)O[C@@H]3CO[P@@](=O)(S)O[C@H]2[C@H]1O. The second-order valence-electron chi connectivity index (χ2n) is 9.90. The Labute approximate surface area is 256 Å². The number of nitrogen functional groups attached to an aromatic ring is 2. The van der Waals surface area contributed by atoms with Gasteiger partial charge in [-0.3, -0.25) is 27.2 Å². The molecule has 5 N–H and O–H groups in total. The fourth-order valence-electron chi connectivity index (χ4n) is 5.21. The molecule has 24 heteroatoms. The number of hydrogen-bond acceptors (Lipinski definition) is 17. The Balaban J connectivity index is 1.17. The average molecular weight is 693 g/mol. The molecule has 0 spiro atoms. The third kappa shape index (κ3) is 5.26. The second kappa shape index (κ2) is 11.1. The van der Waals surface area contributed by atoms with Crippen molar-refractivity contribution in [1.82, 2.24) is 39.0 Å². The van der Waals surface area contributed by atoms with Crippen LogP contribution in [0.1, 0.15) is 12.5 Å². The molecule has 0 aliphatic carbocycles. The Morgan fingerprint density at radius 3 is 1.84 bits per heavy atom. The number of aromatic nitrogens is 8. The van der Waals surface area contributed by atoms with Crippen LogP contribution in [0.5, 0.6) is 0 Å². The number of nitrogens with two attached hydrogens (primary N) is 2. The lowest BCUT2D eigenvalue weighted by atomic mass is 10.1. The lowest BCUT2D eigenvalue weighted by Gasteiger charge is -2.28. The number of ether oxygens (including phenoxy) is 2. The molecule has 3 fully saturated rings. The fourth-order valence-corrected chi connectivity index (χ4v) is 8.18. The van der Waals surface area contributed by atoms with Gasteiger partial charge < -0.3 is 26.0 Å². The first-order chi connectivity index (χ1) is 20.9. The Kier molecular flexibility index (Phi) is 7.61. The molecule has 236 valence electrons. The number of halogens is 1. The van der Waals surface area contributed by atoms with Gasteiger partial charge in [0.2, 0.25) is 0 Å². The van der Waals surface area contributed by atoms with Crippen LogP contribution in [0, 0.1) is 0 Å². The van der Waals surface area contributed by atoms with Crippen LogP contribution in [-0.4, -0.2) is 94.0 Å². The van der Waals surface area contributed by atoms with E-state index in [0.29, 0.717) is 0 Å². The van der Waals surface area contributed by atoms with E-state index in [4.69, 9.17) is 39.0 Å². The van der Waals surface area contributed by atoms with Crippen molar-refractivity contribution in [2.24, 2.45) is 0 Å². The number of imidazole rings is 2. The number of rotatable bonds is 2. The summed E-state index contributed by atoms with van der Waals surface area (Å²) in [5.41, 5.74) is 12.5. The van der Waals surface area contributed by atoms with E-state index in [9.17, 15) is 14.2 Å². The Morgan fingerprint density at radius 2 is 1.27 bits per heavy atom. The Hall–Kier alpha value is -2.49. The molecule has 3 aliphatic rings. The van der Waals surface area contributed by atoms with Gasteiger partial charge in [-0.2, -0.15) is 0 Å². The van der Waals surface area contributed by atoms with Crippen LogP contribution < -0.4 is 11.5 Å². The zero-order chi connectivity index (χ0) is 31.0. The standard InChI is InChI=1S/C20H23FN10O9P2S2/c21-9-13-7(37-19(9)30-5-28-10-15(22)24-3-26-17(10)30)1-35-42(34,44)40-14-8(2-36-41(33,43)39-13)38-20(12(14)32)31-6-29-11-16(23)25-4-27-18(11)31/h3-9,12-14,19-20,32H,1-2H2,(H,33,43)(H,34,44)(H2,22,24,26)(H2,23,25,27)/t7-,8?,9-,12-,13-,14-,19-,20-,41+,42-/m1/s1. The molecule has 1 unspecified atom stereocenters. The number of fused-ring (bicyclic) bond motifs is 4. The van der Waals surface area contributed by atoms with Crippen LogP contribution in [0.15, 0.2) is 25.3 Å². The highest BCUT2D eigenvalue weighted by Gasteiger charge is 2.54. The summed E-state index contributed by atoms with van der Waals surface area (Å²) in [5, 5.41) is 11.2. The maximum atomic E-state index is 16.0. The van der Waals surface area contributed by atoms with Gasteiger partial charge in [-0.05, 0) is 0 Å². The first kappa shape index (κ1) is 30.2. The number of hydrogen-bond donors (Lipinski definition) is 5. The van der Waals surface area contributed by atoms with Gasteiger partial charge in [0, 0.05) is 0 Å². The maximum Gasteiger partial charge on any atom is 0.386 e. The van der Waals surface area contributed by atoms with Crippen molar-refractivity contribution in [2.45, 2.75) is 49.1 Å². The highest BCUT2D eigenvalue weighted by atomic mass is 32.7. The van der Waals surface area contributed by atoms with Crippen molar-refractivity contribution >= 4 is 72.1 Å². The smallest absolute Gasteiger partial charge is 0.386 e. The fraction of sp³-hybridized carbons (Fsp3) is 0.500. The normalized spacial score (nSPS) is 38.3. The van der Waals surface area contributed by atoms with E-state index in [2.05, 4.69) is 54.4 Å². The van der Waals surface area contributed by atoms with E-state index in [1.165, 1.54) is 34.4 Å². The van der Waals surface area contributed by atoms with Crippen LogP contribution in [0.3, 0.4) is 0 Å². The molecular formula is C20H23FN10O9P2S2. The minimum atomic E-state index is -4.34. The zero-order valence-corrected chi connectivity index (χ0v) is 25.5. The molecular weight excluding hydrogens is 669 g/mol. The molecule has 0 saturated carbocycles. The molecule has 4 aromatic heterocycles. The summed E-state index contributed by atoms with van der Waals surface area (Å²) in [6, 6.07) is 0. The van der Waals surface area contributed by atoms with Crippen molar-refractivity contribution in [3.63, 3.8) is 0 Å². The van der Waals surface area contributed by atoms with Crippen molar-refractivity contribution in [3.8, 4) is 0 Å². The molecule has 19 nitrogen and oxygen atoms in total. The minimum absolute atomic E-state index is 0.0606. The van der Waals surface area contributed by atoms with Gasteiger partial charge in [0.15, 0.2) is 41.6 Å². The second-order valence-corrected chi connectivity index (χ2v) is 15.7. The van der Waals surface area contributed by atoms with Crippen LogP contribution >= 0.6 is 38.1 Å². The molecule has 7 rings (SSSR count). The van der Waals surface area contributed by atoms with Gasteiger partial charge >= 0.3 is 13.6 Å². The summed E-state index contributed by atoms with van der Waals surface area (Å²) in [4.78, 5) is 24.2. The third-order valence-corrected chi connectivity index (χ3v) is 10.4. The van der Waals surface area contributed by atoms with Crippen molar-refractivity contribution in [3.05, 3.63) is 25.3 Å². The number of thiol groups is 2. The summed E-state index contributed by atoms with van der Waals surface area (Å²) in [7, 11) is 0. The first-order valence-electron chi connectivity index (χ1n) is 12.7. The van der Waals surface area contributed by atoms with E-state index >= 15 is 4.39 Å². The topological polar surface area (TPSA) is 249 Å². The van der Waals surface area contributed by atoms with Gasteiger partial charge in [-0.15, -0.1) is 0 Å². The number of aliphatic hydroxyl groups is 1. The van der Waals surface area contributed by atoms with Gasteiger partial charge in [0.05, 0.1) is 25.9 Å². The largest absolute Gasteiger partial charge is 0.386 e. The number of alkyl halides is 1. The van der Waals surface area contributed by atoms with Gasteiger partial charge in [-0.1, -0.05) is 24.5 Å². The number of aliphatic hydroxyl groups excluding tert-OH is 1. The monoisotopic (exact) mass is 692 g/mol. The summed E-state index contributed by atoms with van der Waals surface area (Å²) >= 11 is 8.07. The van der Waals surface area contributed by atoms with Gasteiger partial charge in [0.25, 0.3) is 0 Å². The molecule has 10 atom stereocenters. The summed E-state index contributed by atoms with van der Waals surface area (Å²) in [5.74, 6) is 0.152. The minimum Gasteiger partial charge on any atom is -0.386 e. The molecule has 0 aromatic carbocycles. The van der Waals surface area contributed by atoms with E-state index in [0.717, 1.165) is 0 Å². The average Bonchev–Trinajstić information content (AvgIpc) is 3.73. The van der Waals surface area contributed by atoms with Crippen LogP contribution in [0.4, 0.5) is 16.0 Å². The van der Waals surface area contributed by atoms with Crippen LogP contribution in [0.2, 0.25) is 0 Å². The van der Waals surface area contributed by atoms with E-state index < -0.39 is 76.0 Å². The molecule has 3 saturated heterocycles. The quantitative estimate of drug-likeness (QED) is 0.146. The first-order valence-corrected chi connectivity index (χ1v) is 18.1. The molecule has 0 bridgehead atoms. The summed E-state index contributed by atoms with van der Waals surface area (Å²) < 4.78 is 79.2. The number of anilines is 2. The van der Waals surface area contributed by atoms with Crippen molar-refractivity contribution < 1.29 is 46.2 Å². The van der Waals surface area contributed by atoms with E-state index in [1.54, 1.807) is 0 Å². The van der Waals surface area contributed by atoms with Crippen molar-refractivity contribution in [1.29, 1.82) is 0 Å². The van der Waals surface area contributed by atoms with E-state index in [-0.39, 0.29) is 34.0 Å². The third-order valence-electron chi connectivity index (χ3n) is 7.21. The molecule has 44 heavy (non-hydrogen) atoms. The molecule has 4 aromatic rings. The highest BCUT2D eigenvalue weighted by Crippen LogP contribution is 2.60. The predicted octanol–water partition coefficient (Wildman–Crippen LogP) is 1.22. The summed E-state index contributed by atoms with van der Waals surface area (Å²) in [6.07, 6.45) is -6.81. The number of nitrogens with zero attached hydrogens (tertiary/aromatic N) is 8. The zero-order valence-electron chi connectivity index (χ0n) is 22.0. The molecule has 0 radical (unpaired) electrons. The summed E-state index contributed by atoms with van der Waals surface area (Å²) in [6.45, 7) is -9.83. The molecule has 7 heterocycles. The Bertz CT molecular complexity index is 1710. The maximum absolute atomic E-state index is 16.0. The Morgan fingerprint density at radius 1 is 0.795 bits per heavy atom. The van der Waals surface area contributed by atoms with Crippen LogP contribution in [0.25, 0.3) is 22.3 Å². The van der Waals surface area contributed by atoms with Gasteiger partial charge in [-0.25, -0.2) is 43.4 Å². The van der Waals surface area contributed by atoms with Crippen LogP contribution in [-0.2, 0) is 36.7 Å². The van der Waals surface area contributed by atoms with E-state index in [1.807, 2.05) is 0 Å².